The Hall–Kier alpha value is -2.59. The van der Waals surface area contributed by atoms with Crippen molar-refractivity contribution in [2.45, 2.75) is 4.90 Å². The predicted octanol–water partition coefficient (Wildman–Crippen LogP) is 2.10. The Labute approximate surface area is 122 Å². The number of hydrogen-bond acceptors (Lipinski definition) is 4. The van der Waals surface area contributed by atoms with Crippen LogP contribution >= 0.6 is 0 Å². The SMILES string of the molecule is CN(c1ccc(C#N)cc1)S(=O)(=O)c1ccc(N)c(F)c1. The average Bonchev–Trinajstić information content (AvgIpc) is 2.49. The number of hydrogen-bond donors (Lipinski definition) is 1. The number of rotatable bonds is 3. The van der Waals surface area contributed by atoms with Gasteiger partial charge in [-0.2, -0.15) is 5.26 Å². The molecule has 0 unspecified atom stereocenters. The van der Waals surface area contributed by atoms with Gasteiger partial charge in [0.25, 0.3) is 10.0 Å². The lowest BCUT2D eigenvalue weighted by Crippen LogP contribution is -2.26. The van der Waals surface area contributed by atoms with E-state index in [-0.39, 0.29) is 10.6 Å². The first-order valence-corrected chi connectivity index (χ1v) is 7.34. The van der Waals surface area contributed by atoms with Crippen molar-refractivity contribution in [3.05, 3.63) is 53.8 Å². The zero-order valence-electron chi connectivity index (χ0n) is 11.1. The zero-order valence-corrected chi connectivity index (χ0v) is 11.9. The quantitative estimate of drug-likeness (QED) is 0.880. The molecular formula is C14H12FN3O2S. The van der Waals surface area contributed by atoms with Crippen molar-refractivity contribution < 1.29 is 12.8 Å². The molecule has 0 radical (unpaired) electrons. The van der Waals surface area contributed by atoms with Crippen molar-refractivity contribution in [2.75, 3.05) is 17.1 Å². The first-order valence-electron chi connectivity index (χ1n) is 5.90. The Morgan fingerprint density at radius 1 is 1.19 bits per heavy atom. The van der Waals surface area contributed by atoms with Crippen molar-refractivity contribution in [3.8, 4) is 6.07 Å². The molecule has 0 amide bonds. The molecule has 2 rings (SSSR count). The largest absolute Gasteiger partial charge is 0.396 e. The van der Waals surface area contributed by atoms with E-state index >= 15 is 0 Å². The smallest absolute Gasteiger partial charge is 0.264 e. The Morgan fingerprint density at radius 3 is 2.33 bits per heavy atom. The number of sulfonamides is 1. The average molecular weight is 305 g/mol. The number of nitrogens with two attached hydrogens (primary N) is 1. The Kier molecular flexibility index (Phi) is 3.82. The standard InChI is InChI=1S/C14H12FN3O2S/c1-18(11-4-2-10(9-16)3-5-11)21(19,20)12-6-7-14(17)13(15)8-12/h2-8H,17H2,1H3. The van der Waals surface area contributed by atoms with E-state index in [1.807, 2.05) is 6.07 Å². The highest BCUT2D eigenvalue weighted by molar-refractivity contribution is 7.92. The normalized spacial score (nSPS) is 10.9. The van der Waals surface area contributed by atoms with Gasteiger partial charge in [-0.25, -0.2) is 12.8 Å². The van der Waals surface area contributed by atoms with Gasteiger partial charge in [0.15, 0.2) is 0 Å². The minimum atomic E-state index is -3.90. The van der Waals surface area contributed by atoms with E-state index in [9.17, 15) is 12.8 Å². The molecule has 5 nitrogen and oxygen atoms in total. The second-order valence-electron chi connectivity index (χ2n) is 4.31. The number of benzene rings is 2. The fourth-order valence-corrected chi connectivity index (χ4v) is 2.92. The number of anilines is 2. The van der Waals surface area contributed by atoms with Crippen LogP contribution in [0, 0.1) is 17.1 Å². The van der Waals surface area contributed by atoms with Crippen LogP contribution in [0.15, 0.2) is 47.4 Å². The maximum absolute atomic E-state index is 13.4. The van der Waals surface area contributed by atoms with Gasteiger partial charge in [0.2, 0.25) is 0 Å². The van der Waals surface area contributed by atoms with Gasteiger partial charge in [-0.3, -0.25) is 4.31 Å². The molecule has 0 aromatic heterocycles. The lowest BCUT2D eigenvalue weighted by molar-refractivity contribution is 0.590. The van der Waals surface area contributed by atoms with Gasteiger partial charge in [0.1, 0.15) is 5.82 Å². The van der Waals surface area contributed by atoms with E-state index in [2.05, 4.69) is 0 Å². The summed E-state index contributed by atoms with van der Waals surface area (Å²) in [5.74, 6) is -0.788. The summed E-state index contributed by atoms with van der Waals surface area (Å²) in [5, 5.41) is 8.73. The van der Waals surface area contributed by atoms with Gasteiger partial charge in [0, 0.05) is 7.05 Å². The molecular weight excluding hydrogens is 293 g/mol. The van der Waals surface area contributed by atoms with Crippen LogP contribution in [0.2, 0.25) is 0 Å². The van der Waals surface area contributed by atoms with Crippen molar-refractivity contribution in [3.63, 3.8) is 0 Å². The Balaban J connectivity index is 2.42. The molecule has 0 saturated carbocycles. The molecule has 0 atom stereocenters. The summed E-state index contributed by atoms with van der Waals surface area (Å²) in [4.78, 5) is -0.193. The molecule has 0 aliphatic heterocycles. The lowest BCUT2D eigenvalue weighted by atomic mass is 10.2. The summed E-state index contributed by atoms with van der Waals surface area (Å²) in [6, 6.07) is 11.3. The van der Waals surface area contributed by atoms with Crippen LogP contribution in [0.4, 0.5) is 15.8 Å². The molecule has 7 heteroatoms. The van der Waals surface area contributed by atoms with Crippen molar-refractivity contribution in [1.82, 2.24) is 0 Å². The minimum Gasteiger partial charge on any atom is -0.396 e. The van der Waals surface area contributed by atoms with E-state index in [0.29, 0.717) is 11.3 Å². The number of nitriles is 1. The summed E-state index contributed by atoms with van der Waals surface area (Å²) in [6.07, 6.45) is 0. The Bertz CT molecular complexity index is 811. The number of nitrogen functional groups attached to an aromatic ring is 1. The van der Waals surface area contributed by atoms with Gasteiger partial charge in [-0.15, -0.1) is 0 Å². The molecule has 0 saturated heterocycles. The van der Waals surface area contributed by atoms with Gasteiger partial charge >= 0.3 is 0 Å². The third-order valence-electron chi connectivity index (χ3n) is 2.99. The third kappa shape index (κ3) is 2.80. The van der Waals surface area contributed by atoms with Crippen LogP contribution in [0.1, 0.15) is 5.56 Å². The Morgan fingerprint density at radius 2 is 1.81 bits per heavy atom. The van der Waals surface area contributed by atoms with Gasteiger partial charge in [-0.1, -0.05) is 0 Å². The fourth-order valence-electron chi connectivity index (χ4n) is 1.71. The second kappa shape index (κ2) is 5.42. The summed E-state index contributed by atoms with van der Waals surface area (Å²) < 4.78 is 39.3. The second-order valence-corrected chi connectivity index (χ2v) is 6.28. The van der Waals surface area contributed by atoms with Crippen molar-refractivity contribution >= 4 is 21.4 Å². The minimum absolute atomic E-state index is 0.116. The van der Waals surface area contributed by atoms with Gasteiger partial charge in [-0.05, 0) is 42.5 Å². The number of nitrogens with zero attached hydrogens (tertiary/aromatic N) is 2. The summed E-state index contributed by atoms with van der Waals surface area (Å²) >= 11 is 0. The highest BCUT2D eigenvalue weighted by atomic mass is 32.2. The molecule has 2 N–H and O–H groups in total. The monoisotopic (exact) mass is 305 g/mol. The predicted molar refractivity (Wildman–Crippen MR) is 77.6 cm³/mol. The van der Waals surface area contributed by atoms with Crippen LogP contribution in [0.25, 0.3) is 0 Å². The van der Waals surface area contributed by atoms with Crippen LogP contribution in [-0.2, 0) is 10.0 Å². The van der Waals surface area contributed by atoms with E-state index in [0.717, 1.165) is 10.4 Å². The summed E-state index contributed by atoms with van der Waals surface area (Å²) in [7, 11) is -2.54. The highest BCUT2D eigenvalue weighted by Gasteiger charge is 2.22. The van der Waals surface area contributed by atoms with E-state index < -0.39 is 15.8 Å². The molecule has 0 aliphatic carbocycles. The van der Waals surface area contributed by atoms with Gasteiger partial charge < -0.3 is 5.73 Å². The molecule has 0 heterocycles. The van der Waals surface area contributed by atoms with Crippen LogP contribution in [0.3, 0.4) is 0 Å². The van der Waals surface area contributed by atoms with Crippen molar-refractivity contribution in [1.29, 1.82) is 5.26 Å². The summed E-state index contributed by atoms with van der Waals surface area (Å²) in [6.45, 7) is 0. The van der Waals surface area contributed by atoms with E-state index in [1.54, 1.807) is 0 Å². The molecule has 0 aliphatic rings. The topological polar surface area (TPSA) is 87.2 Å². The summed E-state index contributed by atoms with van der Waals surface area (Å²) in [5.41, 5.74) is 6.01. The molecule has 21 heavy (non-hydrogen) atoms. The van der Waals surface area contributed by atoms with Gasteiger partial charge in [0.05, 0.1) is 27.9 Å². The first-order chi connectivity index (χ1) is 9.86. The lowest BCUT2D eigenvalue weighted by Gasteiger charge is -2.19. The molecule has 2 aromatic carbocycles. The zero-order chi connectivity index (χ0) is 15.6. The molecule has 2 aromatic rings. The molecule has 0 fully saturated rings. The van der Waals surface area contributed by atoms with Crippen LogP contribution in [0.5, 0.6) is 0 Å². The van der Waals surface area contributed by atoms with Crippen molar-refractivity contribution in [2.24, 2.45) is 0 Å². The van der Waals surface area contributed by atoms with Crippen LogP contribution < -0.4 is 10.0 Å². The third-order valence-corrected chi connectivity index (χ3v) is 4.77. The fraction of sp³-hybridized carbons (Fsp3) is 0.0714. The van der Waals surface area contributed by atoms with E-state index in [4.69, 9.17) is 11.0 Å². The number of halogens is 1. The molecule has 0 bridgehead atoms. The molecule has 108 valence electrons. The molecule has 0 spiro atoms. The van der Waals surface area contributed by atoms with E-state index in [1.165, 1.54) is 43.4 Å². The maximum atomic E-state index is 13.4. The van der Waals surface area contributed by atoms with Crippen LogP contribution in [-0.4, -0.2) is 15.5 Å². The first kappa shape index (κ1) is 14.8. The maximum Gasteiger partial charge on any atom is 0.264 e. The highest BCUT2D eigenvalue weighted by Crippen LogP contribution is 2.24.